The van der Waals surface area contributed by atoms with E-state index in [0.717, 1.165) is 5.57 Å². The van der Waals surface area contributed by atoms with E-state index in [2.05, 4.69) is 4.99 Å². The highest BCUT2D eigenvalue weighted by Gasteiger charge is 2.39. The van der Waals surface area contributed by atoms with Gasteiger partial charge in [0.05, 0.1) is 0 Å². The van der Waals surface area contributed by atoms with Crippen LogP contribution < -0.4 is 5.73 Å². The summed E-state index contributed by atoms with van der Waals surface area (Å²) in [5.41, 5.74) is 5.27. The van der Waals surface area contributed by atoms with Crippen molar-refractivity contribution in [2.45, 2.75) is 26.4 Å². The molecule has 12 heavy (non-hydrogen) atoms. The Bertz CT molecular complexity index is 277. The number of carbonyl (C=O) groups is 1. The largest absolute Gasteiger partial charge is 0.444 e. The Labute approximate surface area is 71.1 Å². The number of ether oxygens (including phenoxy) is 1. The van der Waals surface area contributed by atoms with Crippen LogP contribution in [0.2, 0.25) is 0 Å². The summed E-state index contributed by atoms with van der Waals surface area (Å²) >= 11 is 0. The van der Waals surface area contributed by atoms with Crippen LogP contribution >= 0.6 is 0 Å². The van der Waals surface area contributed by atoms with Crippen LogP contribution in [0.4, 0.5) is 0 Å². The fraction of sp³-hybridized carbons (Fsp3) is 0.500. The van der Waals surface area contributed by atoms with Gasteiger partial charge in [-0.1, -0.05) is 5.57 Å². The molecule has 1 heterocycles. The summed E-state index contributed by atoms with van der Waals surface area (Å²) in [6, 6.07) is -0.0556. The number of hydrogen-bond acceptors (Lipinski definition) is 3. The molecule has 0 aliphatic carbocycles. The van der Waals surface area contributed by atoms with Gasteiger partial charge in [0.2, 0.25) is 5.60 Å². The number of nitrogens with zero attached hydrogens (tertiary/aromatic N) is 1. The van der Waals surface area contributed by atoms with E-state index in [1.165, 1.54) is 0 Å². The number of nitrogens with two attached hydrogens (primary N) is 1. The van der Waals surface area contributed by atoms with Crippen LogP contribution in [-0.2, 0) is 9.53 Å². The molecule has 1 unspecified atom stereocenters. The molecule has 0 spiro atoms. The van der Waals surface area contributed by atoms with E-state index < -0.39 is 5.60 Å². The predicted octanol–water partition coefficient (Wildman–Crippen LogP) is 0.583. The summed E-state index contributed by atoms with van der Waals surface area (Å²) in [6.07, 6.45) is 1.71. The number of allylic oxidation sites excluding steroid dienone is 1. The number of hydrogen-bond donors (Lipinski definition) is 1. The van der Waals surface area contributed by atoms with Gasteiger partial charge in [-0.05, 0) is 26.8 Å². The normalized spacial score (nSPS) is 27.9. The maximum absolute atomic E-state index is 11.2. The fourth-order valence-corrected chi connectivity index (χ4v) is 1.14. The van der Waals surface area contributed by atoms with Gasteiger partial charge in [0.15, 0.2) is 0 Å². The first-order chi connectivity index (χ1) is 5.44. The van der Waals surface area contributed by atoms with E-state index in [1.54, 1.807) is 13.0 Å². The van der Waals surface area contributed by atoms with Gasteiger partial charge >= 0.3 is 0 Å². The molecule has 0 fully saturated rings. The third kappa shape index (κ3) is 1.47. The van der Waals surface area contributed by atoms with E-state index >= 15 is 0 Å². The zero-order valence-electron chi connectivity index (χ0n) is 7.42. The van der Waals surface area contributed by atoms with E-state index in [4.69, 9.17) is 10.5 Å². The molecule has 0 aromatic carbocycles. The molecule has 1 amide bonds. The van der Waals surface area contributed by atoms with Crippen molar-refractivity contribution in [3.8, 4) is 0 Å². The van der Waals surface area contributed by atoms with Crippen molar-refractivity contribution in [3.63, 3.8) is 0 Å². The third-order valence-electron chi connectivity index (χ3n) is 1.52. The summed E-state index contributed by atoms with van der Waals surface area (Å²) in [4.78, 5) is 14.7. The number of amides is 1. The number of aliphatic imine (C=N–C) groups is 1. The highest BCUT2D eigenvalue weighted by molar-refractivity contribution is 6.01. The van der Waals surface area contributed by atoms with Crippen LogP contribution in [0.15, 0.2) is 16.6 Å². The molecular formula is C8H12N2O2. The van der Waals surface area contributed by atoms with Gasteiger partial charge in [-0.2, -0.15) is 4.99 Å². The Morgan fingerprint density at radius 1 is 1.67 bits per heavy atom. The molecule has 0 aromatic heterocycles. The molecule has 1 aliphatic heterocycles. The summed E-state index contributed by atoms with van der Waals surface area (Å²) in [7, 11) is 0. The van der Waals surface area contributed by atoms with Crippen molar-refractivity contribution in [3.05, 3.63) is 11.6 Å². The molecule has 66 valence electrons. The lowest BCUT2D eigenvalue weighted by Crippen LogP contribution is -2.32. The van der Waals surface area contributed by atoms with E-state index in [0.29, 0.717) is 0 Å². The van der Waals surface area contributed by atoms with Crippen LogP contribution in [0.3, 0.4) is 0 Å². The molecule has 0 aromatic rings. The smallest absolute Gasteiger partial charge is 0.298 e. The second kappa shape index (κ2) is 2.62. The first kappa shape index (κ1) is 8.77. The van der Waals surface area contributed by atoms with Gasteiger partial charge in [-0.15, -0.1) is 0 Å². The lowest BCUT2D eigenvalue weighted by molar-refractivity contribution is -0.126. The van der Waals surface area contributed by atoms with Gasteiger partial charge in [-0.25, -0.2) is 0 Å². The average Bonchev–Trinajstić information content (AvgIpc) is 2.04. The summed E-state index contributed by atoms with van der Waals surface area (Å²) < 4.78 is 5.07. The summed E-state index contributed by atoms with van der Waals surface area (Å²) in [6.45, 7) is 5.42. The van der Waals surface area contributed by atoms with Crippen molar-refractivity contribution < 1.29 is 9.53 Å². The molecule has 1 atom stereocenters. The molecule has 1 aliphatic rings. The standard InChI is InChI=1S/C8H12N2O2/c1-5(2)4-8(3)6(11)10-7(9)12-8/h4H,1-3H3,(H2,9,10,11). The van der Waals surface area contributed by atoms with Crippen LogP contribution in [-0.4, -0.2) is 17.5 Å². The molecule has 4 nitrogen and oxygen atoms in total. The second-order valence-electron chi connectivity index (χ2n) is 3.19. The third-order valence-corrected chi connectivity index (χ3v) is 1.52. The Hall–Kier alpha value is -1.32. The minimum Gasteiger partial charge on any atom is -0.444 e. The average molecular weight is 168 g/mol. The Morgan fingerprint density at radius 3 is 2.58 bits per heavy atom. The molecule has 1 rings (SSSR count). The number of rotatable bonds is 1. The first-order valence-corrected chi connectivity index (χ1v) is 3.68. The van der Waals surface area contributed by atoms with Gasteiger partial charge in [0.25, 0.3) is 11.9 Å². The fourth-order valence-electron chi connectivity index (χ4n) is 1.14. The maximum atomic E-state index is 11.2. The Morgan fingerprint density at radius 2 is 2.25 bits per heavy atom. The lowest BCUT2D eigenvalue weighted by Gasteiger charge is -2.16. The van der Waals surface area contributed by atoms with Crippen molar-refractivity contribution in [2.24, 2.45) is 10.7 Å². The molecular weight excluding hydrogens is 156 g/mol. The lowest BCUT2D eigenvalue weighted by atomic mass is 10.0. The van der Waals surface area contributed by atoms with E-state index in [9.17, 15) is 4.79 Å². The minimum absolute atomic E-state index is 0.0556. The molecule has 2 N–H and O–H groups in total. The summed E-state index contributed by atoms with van der Waals surface area (Å²) in [5.74, 6) is -0.346. The highest BCUT2D eigenvalue weighted by atomic mass is 16.5. The predicted molar refractivity (Wildman–Crippen MR) is 45.6 cm³/mol. The van der Waals surface area contributed by atoms with Crippen molar-refractivity contribution in [1.29, 1.82) is 0 Å². The molecule has 0 saturated carbocycles. The Balaban J connectivity index is 2.91. The minimum atomic E-state index is -0.983. The molecule has 0 radical (unpaired) electrons. The van der Waals surface area contributed by atoms with Crippen molar-refractivity contribution >= 4 is 11.9 Å². The van der Waals surface area contributed by atoms with Crippen LogP contribution in [0.1, 0.15) is 20.8 Å². The van der Waals surface area contributed by atoms with Gasteiger partial charge in [-0.3, -0.25) is 4.79 Å². The first-order valence-electron chi connectivity index (χ1n) is 3.68. The monoisotopic (exact) mass is 168 g/mol. The van der Waals surface area contributed by atoms with Crippen LogP contribution in [0, 0.1) is 0 Å². The maximum Gasteiger partial charge on any atom is 0.298 e. The topological polar surface area (TPSA) is 64.7 Å². The molecule has 0 bridgehead atoms. The quantitative estimate of drug-likeness (QED) is 0.582. The Kier molecular flexibility index (Phi) is 1.92. The second-order valence-corrected chi connectivity index (χ2v) is 3.19. The van der Waals surface area contributed by atoms with Crippen LogP contribution in [0.25, 0.3) is 0 Å². The molecule has 4 heteroatoms. The van der Waals surface area contributed by atoms with Gasteiger partial charge < -0.3 is 10.5 Å². The van der Waals surface area contributed by atoms with Gasteiger partial charge in [0, 0.05) is 0 Å². The van der Waals surface area contributed by atoms with Crippen molar-refractivity contribution in [2.75, 3.05) is 0 Å². The van der Waals surface area contributed by atoms with E-state index in [-0.39, 0.29) is 11.9 Å². The molecule has 0 saturated heterocycles. The SMILES string of the molecule is CC(C)=CC1(C)OC(N)=NC1=O. The zero-order valence-corrected chi connectivity index (χ0v) is 7.42. The zero-order chi connectivity index (χ0) is 9.35. The van der Waals surface area contributed by atoms with Crippen LogP contribution in [0.5, 0.6) is 0 Å². The van der Waals surface area contributed by atoms with Crippen molar-refractivity contribution in [1.82, 2.24) is 0 Å². The highest BCUT2D eigenvalue weighted by Crippen LogP contribution is 2.21. The van der Waals surface area contributed by atoms with E-state index in [1.807, 2.05) is 13.8 Å². The van der Waals surface area contributed by atoms with Gasteiger partial charge in [0.1, 0.15) is 0 Å². The summed E-state index contributed by atoms with van der Waals surface area (Å²) in [5, 5.41) is 0. The number of amidine groups is 1. The number of carbonyl (C=O) groups excluding carboxylic acids is 1.